The number of carbonyl (C=O) groups is 2. The summed E-state index contributed by atoms with van der Waals surface area (Å²) in [6, 6.07) is 9.46. The van der Waals surface area contributed by atoms with Crippen molar-refractivity contribution in [1.29, 1.82) is 0 Å². The molecule has 0 saturated heterocycles. The normalized spacial score (nSPS) is 13.3. The maximum absolute atomic E-state index is 12.5. The van der Waals surface area contributed by atoms with E-state index in [1.807, 2.05) is 43.3 Å². The number of hydrogen-bond donors (Lipinski definition) is 0. The minimum absolute atomic E-state index is 0.0434. The standard InChI is InChI=1S/C21H30N2O4Si/c1-15(27-28(6,7)21(2,3)4)13-17(16-11-9-8-10-12-16)14-18(24)19(23-22)20(25)26-5/h8-13,17H,14H2,1-7H3/b15-13+. The first-order chi connectivity index (χ1) is 12.9. The summed E-state index contributed by atoms with van der Waals surface area (Å²) in [5.74, 6) is -1.16. The number of hydrogen-bond acceptors (Lipinski definition) is 4. The molecule has 0 N–H and O–H groups in total. The monoisotopic (exact) mass is 402 g/mol. The van der Waals surface area contributed by atoms with Gasteiger partial charge in [0.25, 0.3) is 5.78 Å². The highest BCUT2D eigenvalue weighted by molar-refractivity contribution is 6.74. The van der Waals surface area contributed by atoms with Crippen LogP contribution in [-0.2, 0) is 18.8 Å². The molecule has 1 aromatic carbocycles. The molecule has 6 nitrogen and oxygen atoms in total. The van der Waals surface area contributed by atoms with Gasteiger partial charge < -0.3 is 14.7 Å². The molecular formula is C21H30N2O4Si. The molecule has 1 unspecified atom stereocenters. The highest BCUT2D eigenvalue weighted by atomic mass is 28.4. The van der Waals surface area contributed by atoms with Gasteiger partial charge in [-0.15, -0.1) is 0 Å². The summed E-state index contributed by atoms with van der Waals surface area (Å²) in [4.78, 5) is 27.0. The zero-order chi connectivity index (χ0) is 21.5. The summed E-state index contributed by atoms with van der Waals surface area (Å²) in [6.07, 6.45) is 1.84. The molecule has 1 rings (SSSR count). The van der Waals surface area contributed by atoms with E-state index in [9.17, 15) is 9.59 Å². The zero-order valence-corrected chi connectivity index (χ0v) is 18.8. The van der Waals surface area contributed by atoms with Crippen LogP contribution in [0.4, 0.5) is 0 Å². The van der Waals surface area contributed by atoms with Crippen molar-refractivity contribution < 1.29 is 23.5 Å². The van der Waals surface area contributed by atoms with Gasteiger partial charge in [-0.3, -0.25) is 4.79 Å². The Balaban J connectivity index is 3.19. The number of methoxy groups -OCH3 is 1. The number of nitrogens with zero attached hydrogens (tertiary/aromatic N) is 2. The molecule has 0 fully saturated rings. The van der Waals surface area contributed by atoms with E-state index in [1.165, 1.54) is 0 Å². The van der Waals surface area contributed by atoms with Crippen molar-refractivity contribution in [2.45, 2.75) is 58.2 Å². The van der Waals surface area contributed by atoms with Crippen molar-refractivity contribution in [3.8, 4) is 0 Å². The number of ether oxygens (including phenoxy) is 1. The molecular weight excluding hydrogens is 372 g/mol. The molecule has 0 radical (unpaired) electrons. The van der Waals surface area contributed by atoms with Crippen LogP contribution in [0.15, 0.2) is 42.2 Å². The lowest BCUT2D eigenvalue weighted by Crippen LogP contribution is -2.40. The predicted octanol–water partition coefficient (Wildman–Crippen LogP) is 4.50. The minimum Gasteiger partial charge on any atom is -0.547 e. The molecule has 7 heteroatoms. The van der Waals surface area contributed by atoms with Gasteiger partial charge in [0.15, 0.2) is 0 Å². The Hall–Kier alpha value is -2.50. The fraction of sp³-hybridized carbons (Fsp3) is 0.476. The second-order valence-corrected chi connectivity index (χ2v) is 12.9. The van der Waals surface area contributed by atoms with Crippen LogP contribution in [0, 0.1) is 0 Å². The third kappa shape index (κ3) is 6.29. The van der Waals surface area contributed by atoms with Crippen LogP contribution >= 0.6 is 0 Å². The summed E-state index contributed by atoms with van der Waals surface area (Å²) in [7, 11) is -0.888. The molecule has 0 spiro atoms. The number of rotatable bonds is 8. The number of esters is 1. The van der Waals surface area contributed by atoms with Crippen molar-refractivity contribution in [2.75, 3.05) is 7.11 Å². The van der Waals surface area contributed by atoms with Crippen molar-refractivity contribution in [3.63, 3.8) is 0 Å². The van der Waals surface area contributed by atoms with Crippen molar-refractivity contribution >= 4 is 25.8 Å². The lowest BCUT2D eigenvalue weighted by Gasteiger charge is -2.37. The summed E-state index contributed by atoms with van der Waals surface area (Å²) < 4.78 is 10.8. The summed E-state index contributed by atoms with van der Waals surface area (Å²) in [5.41, 5.74) is 9.33. The van der Waals surface area contributed by atoms with Crippen LogP contribution in [0.2, 0.25) is 18.1 Å². The molecule has 0 amide bonds. The van der Waals surface area contributed by atoms with Crippen molar-refractivity contribution in [1.82, 2.24) is 0 Å². The van der Waals surface area contributed by atoms with Gasteiger partial charge >= 0.3 is 11.7 Å². The molecule has 0 saturated carbocycles. The van der Waals surface area contributed by atoms with Crippen LogP contribution in [0.5, 0.6) is 0 Å². The van der Waals surface area contributed by atoms with Crippen LogP contribution < -0.4 is 0 Å². The molecule has 1 aromatic rings. The molecule has 0 aliphatic heterocycles. The van der Waals surface area contributed by atoms with E-state index in [1.54, 1.807) is 0 Å². The van der Waals surface area contributed by atoms with E-state index < -0.39 is 25.8 Å². The Morgan fingerprint density at radius 1 is 1.21 bits per heavy atom. The van der Waals surface area contributed by atoms with Crippen LogP contribution in [0.3, 0.4) is 0 Å². The lowest BCUT2D eigenvalue weighted by atomic mass is 9.92. The van der Waals surface area contributed by atoms with Gasteiger partial charge in [0.05, 0.1) is 12.9 Å². The van der Waals surface area contributed by atoms with Gasteiger partial charge in [0, 0.05) is 12.3 Å². The fourth-order valence-corrected chi connectivity index (χ4v) is 3.63. The van der Waals surface area contributed by atoms with E-state index in [0.717, 1.165) is 18.4 Å². The van der Waals surface area contributed by atoms with Crippen LogP contribution in [-0.4, -0.2) is 37.7 Å². The lowest BCUT2D eigenvalue weighted by molar-refractivity contribution is -0.139. The summed E-state index contributed by atoms with van der Waals surface area (Å²) in [6.45, 7) is 12.7. The van der Waals surface area contributed by atoms with Gasteiger partial charge in [-0.25, -0.2) is 4.79 Å². The molecule has 0 aromatic heterocycles. The smallest absolute Gasteiger partial charge is 0.441 e. The first-order valence-electron chi connectivity index (χ1n) is 9.19. The number of benzene rings is 1. The second-order valence-electron chi connectivity index (χ2n) is 8.22. The molecule has 152 valence electrons. The highest BCUT2D eigenvalue weighted by Crippen LogP contribution is 2.38. The molecule has 0 aliphatic rings. The molecule has 0 bridgehead atoms. The largest absolute Gasteiger partial charge is 0.547 e. The number of ketones is 1. The predicted molar refractivity (Wildman–Crippen MR) is 111 cm³/mol. The fourth-order valence-electron chi connectivity index (χ4n) is 2.45. The Labute approximate surface area is 168 Å². The molecule has 0 heterocycles. The van der Waals surface area contributed by atoms with E-state index in [-0.39, 0.29) is 17.4 Å². The van der Waals surface area contributed by atoms with Gasteiger partial charge in [-0.1, -0.05) is 51.1 Å². The third-order valence-corrected chi connectivity index (χ3v) is 9.48. The maximum atomic E-state index is 12.5. The van der Waals surface area contributed by atoms with E-state index in [4.69, 9.17) is 9.96 Å². The molecule has 1 atom stereocenters. The molecule has 28 heavy (non-hydrogen) atoms. The van der Waals surface area contributed by atoms with Gasteiger partial charge in [-0.05, 0) is 36.7 Å². The Bertz CT molecular complexity index is 788. The minimum atomic E-state index is -2.02. The first-order valence-corrected chi connectivity index (χ1v) is 12.1. The summed E-state index contributed by atoms with van der Waals surface area (Å²) in [5, 5.41) is 0.0434. The quantitative estimate of drug-likeness (QED) is 0.122. The zero-order valence-electron chi connectivity index (χ0n) is 17.8. The van der Waals surface area contributed by atoms with E-state index in [2.05, 4.69) is 43.4 Å². The Morgan fingerprint density at radius 2 is 1.79 bits per heavy atom. The highest BCUT2D eigenvalue weighted by Gasteiger charge is 2.39. The van der Waals surface area contributed by atoms with Gasteiger partial charge in [0.1, 0.15) is 0 Å². The Morgan fingerprint density at radius 3 is 2.25 bits per heavy atom. The van der Waals surface area contributed by atoms with Crippen molar-refractivity contribution in [3.05, 3.63) is 53.3 Å². The van der Waals surface area contributed by atoms with Crippen LogP contribution in [0.1, 0.15) is 45.6 Å². The number of allylic oxidation sites excluding steroid dienone is 2. The van der Waals surface area contributed by atoms with Crippen LogP contribution in [0.25, 0.3) is 5.53 Å². The van der Waals surface area contributed by atoms with E-state index in [0.29, 0.717) is 0 Å². The maximum Gasteiger partial charge on any atom is 0.441 e. The average molecular weight is 403 g/mol. The molecule has 0 aliphatic carbocycles. The number of Topliss-reactive ketones (excluding diaryl/α,β-unsaturated/α-hetero) is 1. The Kier molecular flexibility index (Phi) is 8.09. The van der Waals surface area contributed by atoms with Crippen molar-refractivity contribution in [2.24, 2.45) is 0 Å². The van der Waals surface area contributed by atoms with E-state index >= 15 is 0 Å². The van der Waals surface area contributed by atoms with Gasteiger partial charge in [-0.2, -0.15) is 4.79 Å². The average Bonchev–Trinajstić information content (AvgIpc) is 2.60. The van der Waals surface area contributed by atoms with Gasteiger partial charge in [0.2, 0.25) is 8.32 Å². The SMILES string of the molecule is COC(=O)C(=[N+]=[N-])C(=O)CC(/C=C(\C)O[Si](C)(C)C(C)(C)C)c1ccccc1. The topological polar surface area (TPSA) is 89.0 Å². The summed E-state index contributed by atoms with van der Waals surface area (Å²) >= 11 is 0. The second kappa shape index (κ2) is 9.62. The number of carbonyl (C=O) groups excluding carboxylic acids is 2. The first kappa shape index (κ1) is 23.5. The third-order valence-electron chi connectivity index (χ3n) is 5.03.